The molecule has 24 heavy (non-hydrogen) atoms. The second-order valence-electron chi connectivity index (χ2n) is 6.67. The highest BCUT2D eigenvalue weighted by Crippen LogP contribution is 2.61. The van der Waals surface area contributed by atoms with Gasteiger partial charge in [0.1, 0.15) is 12.1 Å². The van der Waals surface area contributed by atoms with Crippen LogP contribution in [0.1, 0.15) is 22.7 Å². The van der Waals surface area contributed by atoms with Crippen molar-refractivity contribution in [2.45, 2.75) is 18.9 Å². The maximum absolute atomic E-state index is 5.20. The zero-order chi connectivity index (χ0) is 16.1. The molecular weight excluding hydrogens is 302 g/mol. The van der Waals surface area contributed by atoms with Gasteiger partial charge in [0.05, 0.1) is 12.3 Å². The molecule has 6 heteroatoms. The lowest BCUT2D eigenvalue weighted by molar-refractivity contribution is 0.181. The van der Waals surface area contributed by atoms with E-state index in [-0.39, 0.29) is 0 Å². The summed E-state index contributed by atoms with van der Waals surface area (Å²) in [7, 11) is 1.67. The molecule has 0 amide bonds. The van der Waals surface area contributed by atoms with Gasteiger partial charge in [0.15, 0.2) is 0 Å². The maximum atomic E-state index is 5.20. The highest BCUT2D eigenvalue weighted by Gasteiger charge is 2.54. The summed E-state index contributed by atoms with van der Waals surface area (Å²) < 4.78 is 6.95. The van der Waals surface area contributed by atoms with E-state index in [0.29, 0.717) is 18.3 Å². The van der Waals surface area contributed by atoms with Crippen LogP contribution < -0.4 is 5.32 Å². The van der Waals surface area contributed by atoms with Crippen LogP contribution in [0.15, 0.2) is 36.7 Å². The average molecular weight is 321 g/mol. The number of aromatic nitrogens is 4. The highest BCUT2D eigenvalue weighted by molar-refractivity contribution is 5.47. The molecule has 0 bridgehead atoms. The Bertz CT molecular complexity index is 905. The molecule has 1 aromatic carbocycles. The monoisotopic (exact) mass is 321 g/mol. The molecule has 1 fully saturated rings. The standard InChI is InChI=1S/C18H19N5O/c1-24-9-12-7-16(23-18(22-12)20-10-21-23)19-8-15-14-6-11-4-2-3-5-13(11)17(14)15/h2-5,7,10,14-15,17,19H,6,8-9H2,1H3. The third kappa shape index (κ3) is 2.10. The SMILES string of the molecule is COCc1cc(NCC2C3Cc4ccccc4C23)n2ncnc2n1. The van der Waals surface area contributed by atoms with E-state index in [1.54, 1.807) is 17.2 Å². The van der Waals surface area contributed by atoms with Crippen molar-refractivity contribution in [3.63, 3.8) is 0 Å². The third-order valence-corrected chi connectivity index (χ3v) is 5.32. The quantitative estimate of drug-likeness (QED) is 0.781. The van der Waals surface area contributed by atoms with Crippen LogP contribution >= 0.6 is 0 Å². The van der Waals surface area contributed by atoms with E-state index in [1.807, 2.05) is 6.07 Å². The minimum Gasteiger partial charge on any atom is -0.378 e. The Morgan fingerprint density at radius 1 is 1.33 bits per heavy atom. The first-order valence-electron chi connectivity index (χ1n) is 8.35. The molecule has 1 saturated carbocycles. The molecule has 122 valence electrons. The van der Waals surface area contributed by atoms with Crippen LogP contribution in [0.2, 0.25) is 0 Å². The first-order chi connectivity index (χ1) is 11.8. The van der Waals surface area contributed by atoms with Crippen molar-refractivity contribution in [3.8, 4) is 0 Å². The number of nitrogens with zero attached hydrogens (tertiary/aromatic N) is 4. The number of benzene rings is 1. The molecule has 2 aliphatic carbocycles. The number of hydrogen-bond donors (Lipinski definition) is 1. The van der Waals surface area contributed by atoms with E-state index in [1.165, 1.54) is 18.3 Å². The number of nitrogens with one attached hydrogen (secondary N) is 1. The smallest absolute Gasteiger partial charge is 0.254 e. The molecule has 3 unspecified atom stereocenters. The van der Waals surface area contributed by atoms with Crippen LogP contribution in [-0.4, -0.2) is 33.2 Å². The van der Waals surface area contributed by atoms with Crippen LogP contribution in [0.5, 0.6) is 0 Å². The summed E-state index contributed by atoms with van der Waals surface area (Å²) in [4.78, 5) is 8.64. The molecule has 2 heterocycles. The van der Waals surface area contributed by atoms with E-state index in [2.05, 4.69) is 44.6 Å². The van der Waals surface area contributed by atoms with Gasteiger partial charge in [0.2, 0.25) is 0 Å². The van der Waals surface area contributed by atoms with E-state index in [9.17, 15) is 0 Å². The highest BCUT2D eigenvalue weighted by atomic mass is 16.5. The minimum atomic E-state index is 0.472. The lowest BCUT2D eigenvalue weighted by Crippen LogP contribution is -2.12. The van der Waals surface area contributed by atoms with Gasteiger partial charge >= 0.3 is 0 Å². The first-order valence-corrected chi connectivity index (χ1v) is 8.35. The Kier molecular flexibility index (Phi) is 3.06. The van der Waals surface area contributed by atoms with Gasteiger partial charge in [-0.1, -0.05) is 24.3 Å². The number of ether oxygens (including phenoxy) is 1. The lowest BCUT2D eigenvalue weighted by atomic mass is 10.0. The molecule has 6 nitrogen and oxygen atoms in total. The molecule has 0 aliphatic heterocycles. The van der Waals surface area contributed by atoms with E-state index < -0.39 is 0 Å². The zero-order valence-electron chi connectivity index (χ0n) is 13.5. The maximum Gasteiger partial charge on any atom is 0.254 e. The fourth-order valence-electron chi connectivity index (χ4n) is 4.19. The summed E-state index contributed by atoms with van der Waals surface area (Å²) >= 11 is 0. The predicted molar refractivity (Wildman–Crippen MR) is 89.9 cm³/mol. The second-order valence-corrected chi connectivity index (χ2v) is 6.67. The van der Waals surface area contributed by atoms with Crippen molar-refractivity contribution in [2.24, 2.45) is 11.8 Å². The normalized spacial score (nSPS) is 24.0. The lowest BCUT2D eigenvalue weighted by Gasteiger charge is -2.11. The minimum absolute atomic E-state index is 0.472. The van der Waals surface area contributed by atoms with Crippen molar-refractivity contribution < 1.29 is 4.74 Å². The van der Waals surface area contributed by atoms with Gasteiger partial charge in [-0.3, -0.25) is 0 Å². The van der Waals surface area contributed by atoms with Crippen LogP contribution in [-0.2, 0) is 17.8 Å². The van der Waals surface area contributed by atoms with Gasteiger partial charge in [-0.15, -0.1) is 0 Å². The Hall–Kier alpha value is -2.47. The summed E-state index contributed by atoms with van der Waals surface area (Å²) in [6, 6.07) is 10.9. The predicted octanol–water partition coefficient (Wildman–Crippen LogP) is 2.27. The van der Waals surface area contributed by atoms with E-state index >= 15 is 0 Å². The average Bonchev–Trinajstić information content (AvgIpc) is 2.96. The van der Waals surface area contributed by atoms with Crippen molar-refractivity contribution >= 4 is 11.6 Å². The van der Waals surface area contributed by atoms with Crippen LogP contribution in [0.4, 0.5) is 5.82 Å². The molecule has 0 radical (unpaired) electrons. The topological polar surface area (TPSA) is 64.3 Å². The van der Waals surface area contributed by atoms with Crippen LogP contribution in [0.25, 0.3) is 5.78 Å². The van der Waals surface area contributed by atoms with Crippen molar-refractivity contribution in [1.29, 1.82) is 0 Å². The molecule has 0 spiro atoms. The number of fused-ring (bicyclic) bond motifs is 4. The van der Waals surface area contributed by atoms with Gasteiger partial charge in [0.25, 0.3) is 5.78 Å². The van der Waals surface area contributed by atoms with Gasteiger partial charge in [0, 0.05) is 19.7 Å². The summed E-state index contributed by atoms with van der Waals surface area (Å²) in [5.41, 5.74) is 3.95. The second kappa shape index (κ2) is 5.27. The molecule has 5 rings (SSSR count). The summed E-state index contributed by atoms with van der Waals surface area (Å²) in [5, 5.41) is 7.82. The first kappa shape index (κ1) is 13.9. The Morgan fingerprint density at radius 3 is 3.17 bits per heavy atom. The van der Waals surface area contributed by atoms with Gasteiger partial charge in [-0.25, -0.2) is 4.98 Å². The van der Waals surface area contributed by atoms with Crippen molar-refractivity contribution in [2.75, 3.05) is 19.0 Å². The fraction of sp³-hybridized carbons (Fsp3) is 0.389. The number of hydrogen-bond acceptors (Lipinski definition) is 5. The van der Waals surface area contributed by atoms with Crippen molar-refractivity contribution in [1.82, 2.24) is 19.6 Å². The summed E-state index contributed by atoms with van der Waals surface area (Å²) in [5.74, 6) is 3.76. The molecule has 0 saturated heterocycles. The van der Waals surface area contributed by atoms with Gasteiger partial charge in [-0.2, -0.15) is 14.6 Å². The Morgan fingerprint density at radius 2 is 2.25 bits per heavy atom. The number of anilines is 1. The molecule has 2 aliphatic rings. The van der Waals surface area contributed by atoms with E-state index in [4.69, 9.17) is 4.74 Å². The largest absolute Gasteiger partial charge is 0.378 e. The molecule has 1 N–H and O–H groups in total. The number of rotatable bonds is 5. The summed E-state index contributed by atoms with van der Waals surface area (Å²) in [6.07, 6.45) is 2.75. The van der Waals surface area contributed by atoms with Gasteiger partial charge in [-0.05, 0) is 35.3 Å². The van der Waals surface area contributed by atoms with Crippen LogP contribution in [0, 0.1) is 11.8 Å². The zero-order valence-corrected chi connectivity index (χ0v) is 13.5. The molecule has 3 atom stereocenters. The fourth-order valence-corrected chi connectivity index (χ4v) is 4.19. The molecular formula is C18H19N5O. The Labute approximate surface area is 139 Å². The molecule has 3 aromatic rings. The van der Waals surface area contributed by atoms with Crippen LogP contribution in [0.3, 0.4) is 0 Å². The Balaban J connectivity index is 1.35. The van der Waals surface area contributed by atoms with Gasteiger partial charge < -0.3 is 10.1 Å². The van der Waals surface area contributed by atoms with Crippen molar-refractivity contribution in [3.05, 3.63) is 53.5 Å². The molecule has 2 aromatic heterocycles. The van der Waals surface area contributed by atoms with E-state index in [0.717, 1.165) is 29.9 Å². The third-order valence-electron chi connectivity index (χ3n) is 5.32. The summed E-state index contributed by atoms with van der Waals surface area (Å²) in [6.45, 7) is 1.43. The number of methoxy groups -OCH3 is 1.